The fourth-order valence-electron chi connectivity index (χ4n) is 1.49. The first-order valence-electron chi connectivity index (χ1n) is 6.33. The first kappa shape index (κ1) is 18.2. The monoisotopic (exact) mass is 291 g/mol. The highest BCUT2D eigenvalue weighted by Crippen LogP contribution is 2.10. The van der Waals surface area contributed by atoms with Gasteiger partial charge < -0.3 is 14.6 Å². The minimum absolute atomic E-state index is 0.0484. The lowest BCUT2D eigenvalue weighted by Gasteiger charge is -2.23. The van der Waals surface area contributed by atoms with Crippen LogP contribution in [0.1, 0.15) is 41.0 Å². The van der Waals surface area contributed by atoms with Gasteiger partial charge >= 0.3 is 6.09 Å². The molecule has 0 aliphatic heterocycles. The lowest BCUT2D eigenvalue weighted by molar-refractivity contribution is -0.119. The van der Waals surface area contributed by atoms with Crippen molar-refractivity contribution in [2.75, 3.05) is 12.0 Å². The molecule has 0 radical (unpaired) electrons. The van der Waals surface area contributed by atoms with Gasteiger partial charge in [-0.25, -0.2) is 4.79 Å². The summed E-state index contributed by atoms with van der Waals surface area (Å²) in [5.74, 6) is -0.0257. The number of hydrogen-bond acceptors (Lipinski definition) is 4. The van der Waals surface area contributed by atoms with Gasteiger partial charge in [-0.15, -0.1) is 0 Å². The molecule has 6 heteroatoms. The van der Waals surface area contributed by atoms with Gasteiger partial charge in [-0.3, -0.25) is 4.79 Å². The van der Waals surface area contributed by atoms with E-state index >= 15 is 0 Å². The molecule has 5 nitrogen and oxygen atoms in total. The van der Waals surface area contributed by atoms with Gasteiger partial charge in [0.1, 0.15) is 5.60 Å². The third-order valence-corrected chi connectivity index (χ3v) is 2.82. The van der Waals surface area contributed by atoms with E-state index in [4.69, 9.17) is 4.74 Å². The standard InChI is InChI=1S/C13H25NO4S/c1-9(2)7-10(11(15)8-19(6)17)14-12(16)18-13(3,4)5/h9-10H,7-8H2,1-6H3,(H,14,16). The summed E-state index contributed by atoms with van der Waals surface area (Å²) < 4.78 is 16.2. The fraction of sp³-hybridized carbons (Fsp3) is 0.846. The number of Topliss-reactive ketones (excluding diaryl/α,β-unsaturated/α-hetero) is 1. The van der Waals surface area contributed by atoms with Gasteiger partial charge in [0.15, 0.2) is 5.75 Å². The highest BCUT2D eigenvalue weighted by molar-refractivity contribution is 7.91. The van der Waals surface area contributed by atoms with E-state index in [1.165, 1.54) is 6.26 Å². The Hall–Kier alpha value is -0.750. The minimum Gasteiger partial charge on any atom is -0.616 e. The zero-order valence-corrected chi connectivity index (χ0v) is 13.4. The maximum atomic E-state index is 11.9. The second-order valence-electron chi connectivity index (χ2n) is 6.01. The molecule has 0 aliphatic carbocycles. The van der Waals surface area contributed by atoms with Gasteiger partial charge in [0.2, 0.25) is 5.78 Å². The molecule has 0 aromatic rings. The van der Waals surface area contributed by atoms with Crippen molar-refractivity contribution < 1.29 is 18.9 Å². The third kappa shape index (κ3) is 9.78. The molecule has 0 aromatic carbocycles. The topological polar surface area (TPSA) is 78.5 Å². The molecule has 1 amide bonds. The van der Waals surface area contributed by atoms with E-state index in [1.54, 1.807) is 20.8 Å². The van der Waals surface area contributed by atoms with Gasteiger partial charge in [-0.1, -0.05) is 13.8 Å². The summed E-state index contributed by atoms with van der Waals surface area (Å²) >= 11 is -1.21. The first-order chi connectivity index (χ1) is 8.51. The quantitative estimate of drug-likeness (QED) is 0.758. The highest BCUT2D eigenvalue weighted by atomic mass is 32.2. The van der Waals surface area contributed by atoms with Crippen LogP contribution in [0.25, 0.3) is 0 Å². The molecule has 2 atom stereocenters. The Labute approximate surface area is 118 Å². The van der Waals surface area contributed by atoms with Crippen molar-refractivity contribution in [3.63, 3.8) is 0 Å². The van der Waals surface area contributed by atoms with E-state index in [0.717, 1.165) is 0 Å². The lowest BCUT2D eigenvalue weighted by Crippen LogP contribution is -2.45. The molecule has 0 spiro atoms. The smallest absolute Gasteiger partial charge is 0.408 e. The average Bonchev–Trinajstić information content (AvgIpc) is 2.11. The van der Waals surface area contributed by atoms with Crippen LogP contribution in [-0.4, -0.2) is 40.1 Å². The van der Waals surface area contributed by atoms with Crippen LogP contribution in [0.3, 0.4) is 0 Å². The maximum absolute atomic E-state index is 11.9. The van der Waals surface area contributed by atoms with Crippen LogP contribution < -0.4 is 5.32 Å². The number of ether oxygens (including phenoxy) is 1. The number of alkyl carbamates (subject to hydrolysis) is 1. The van der Waals surface area contributed by atoms with Gasteiger partial charge in [0, 0.05) is 0 Å². The summed E-state index contributed by atoms with van der Waals surface area (Å²) in [6.45, 7) is 9.19. The van der Waals surface area contributed by atoms with Gasteiger partial charge in [-0.2, -0.15) is 0 Å². The molecule has 0 heterocycles. The molecule has 0 aliphatic rings. The summed E-state index contributed by atoms with van der Waals surface area (Å²) in [6, 6.07) is -0.640. The predicted molar refractivity (Wildman–Crippen MR) is 76.6 cm³/mol. The van der Waals surface area contributed by atoms with Crippen LogP contribution in [0, 0.1) is 5.92 Å². The molecule has 112 valence electrons. The maximum Gasteiger partial charge on any atom is 0.408 e. The molecule has 19 heavy (non-hydrogen) atoms. The fourth-order valence-corrected chi connectivity index (χ4v) is 2.09. The van der Waals surface area contributed by atoms with Crippen molar-refractivity contribution in [2.24, 2.45) is 5.92 Å². The summed E-state index contributed by atoms with van der Waals surface area (Å²) in [4.78, 5) is 23.6. The van der Waals surface area contributed by atoms with Crippen LogP contribution in [0.4, 0.5) is 4.79 Å². The molecule has 0 fully saturated rings. The minimum atomic E-state index is -1.21. The Morgan fingerprint density at radius 2 is 1.84 bits per heavy atom. The molecule has 1 N–H and O–H groups in total. The molecule has 0 saturated carbocycles. The second kappa shape index (κ2) is 7.75. The number of carbonyl (C=O) groups is 2. The number of hydrogen-bond donors (Lipinski definition) is 1. The Balaban J connectivity index is 4.59. The van der Waals surface area contributed by atoms with Crippen molar-refractivity contribution >= 4 is 23.1 Å². The Kier molecular flexibility index (Phi) is 7.44. The van der Waals surface area contributed by atoms with Crippen LogP contribution in [0.15, 0.2) is 0 Å². The van der Waals surface area contributed by atoms with Crippen LogP contribution in [0.2, 0.25) is 0 Å². The average molecular weight is 291 g/mol. The van der Waals surface area contributed by atoms with Gasteiger partial charge in [-0.05, 0) is 44.3 Å². The first-order valence-corrected chi connectivity index (χ1v) is 8.06. The van der Waals surface area contributed by atoms with Gasteiger partial charge in [0.05, 0.1) is 12.3 Å². The SMILES string of the molecule is CC(C)CC(NC(=O)OC(C)(C)C)C(=O)C[S+](C)[O-]. The molecular weight excluding hydrogens is 266 g/mol. The number of ketones is 1. The van der Waals surface area contributed by atoms with Crippen LogP contribution in [-0.2, 0) is 20.7 Å². The number of amides is 1. The normalized spacial score (nSPS) is 14.9. The molecule has 2 unspecified atom stereocenters. The molecule has 0 bridgehead atoms. The van der Waals surface area contributed by atoms with Crippen LogP contribution >= 0.6 is 0 Å². The van der Waals surface area contributed by atoms with E-state index < -0.39 is 28.9 Å². The number of nitrogens with one attached hydrogen (secondary N) is 1. The summed E-state index contributed by atoms with van der Waals surface area (Å²) in [5, 5.41) is 2.56. The molecule has 0 aromatic heterocycles. The van der Waals surface area contributed by atoms with E-state index in [1.807, 2.05) is 13.8 Å². The third-order valence-electron chi connectivity index (χ3n) is 2.13. The van der Waals surface area contributed by atoms with Gasteiger partial charge in [0.25, 0.3) is 0 Å². The number of rotatable bonds is 6. The van der Waals surface area contributed by atoms with E-state index in [0.29, 0.717) is 6.42 Å². The van der Waals surface area contributed by atoms with E-state index in [9.17, 15) is 14.1 Å². The molecule has 0 rings (SSSR count). The van der Waals surface area contributed by atoms with Crippen molar-refractivity contribution in [2.45, 2.75) is 52.7 Å². The summed E-state index contributed by atoms with van der Waals surface area (Å²) in [6.07, 6.45) is 1.36. The zero-order chi connectivity index (χ0) is 15.2. The zero-order valence-electron chi connectivity index (χ0n) is 12.6. The van der Waals surface area contributed by atoms with Crippen molar-refractivity contribution in [3.05, 3.63) is 0 Å². The summed E-state index contributed by atoms with van der Waals surface area (Å²) in [7, 11) is 0. The predicted octanol–water partition coefficient (Wildman–Crippen LogP) is 1.87. The van der Waals surface area contributed by atoms with Crippen molar-refractivity contribution in [1.82, 2.24) is 5.32 Å². The Bertz CT molecular complexity index is 310. The lowest BCUT2D eigenvalue weighted by atomic mass is 10.0. The summed E-state index contributed by atoms with van der Waals surface area (Å²) in [5.41, 5.74) is -0.608. The largest absolute Gasteiger partial charge is 0.616 e. The Morgan fingerprint density at radius 1 is 1.32 bits per heavy atom. The molecule has 0 saturated heterocycles. The Morgan fingerprint density at radius 3 is 2.21 bits per heavy atom. The highest BCUT2D eigenvalue weighted by Gasteiger charge is 2.26. The van der Waals surface area contributed by atoms with Crippen molar-refractivity contribution in [3.8, 4) is 0 Å². The van der Waals surface area contributed by atoms with E-state index in [2.05, 4.69) is 5.32 Å². The van der Waals surface area contributed by atoms with Crippen LogP contribution in [0.5, 0.6) is 0 Å². The van der Waals surface area contributed by atoms with Crippen molar-refractivity contribution in [1.29, 1.82) is 0 Å². The number of carbonyl (C=O) groups excluding carboxylic acids is 2. The van der Waals surface area contributed by atoms with E-state index in [-0.39, 0.29) is 17.5 Å². The molecular formula is C13H25NO4S. The second-order valence-corrected chi connectivity index (χ2v) is 7.45.